The van der Waals surface area contributed by atoms with Crippen LogP contribution in [0.5, 0.6) is 5.75 Å². The quantitative estimate of drug-likeness (QED) is 0.330. The van der Waals surface area contributed by atoms with E-state index >= 15 is 0 Å². The molecule has 39 heavy (non-hydrogen) atoms. The van der Waals surface area contributed by atoms with Gasteiger partial charge in [-0.25, -0.2) is 22.8 Å². The minimum absolute atomic E-state index is 0.00575. The molecule has 1 amide bonds. The molecule has 1 aliphatic rings. The van der Waals surface area contributed by atoms with E-state index in [2.05, 4.69) is 20.6 Å². The van der Waals surface area contributed by atoms with Gasteiger partial charge in [0, 0.05) is 30.2 Å². The lowest BCUT2D eigenvalue weighted by atomic mass is 10.0. The highest BCUT2D eigenvalue weighted by Crippen LogP contribution is 2.32. The third-order valence-electron chi connectivity index (χ3n) is 6.67. The summed E-state index contributed by atoms with van der Waals surface area (Å²) in [7, 11) is -1.71. The predicted molar refractivity (Wildman–Crippen MR) is 143 cm³/mol. The zero-order valence-electron chi connectivity index (χ0n) is 20.7. The number of hydrogen-bond acceptors (Lipinski definition) is 7. The molecule has 0 atom stereocenters. The van der Waals surface area contributed by atoms with Crippen molar-refractivity contribution in [3.8, 4) is 17.0 Å². The molecule has 13 heteroatoms. The molecular weight excluding hydrogens is 552 g/mol. The van der Waals surface area contributed by atoms with Gasteiger partial charge in [0.05, 0.1) is 41.1 Å². The number of benzene rings is 2. The average molecular weight is 576 g/mol. The van der Waals surface area contributed by atoms with Gasteiger partial charge in [-0.3, -0.25) is 9.20 Å². The standard InChI is InChI=1S/C26H24ClF2N5O4S/c1-38-21-5-4-18(22(28)23(21)29)20-14-31-25-24(30-8-9-34(20)25)33-16-2-3-17(19(27)12-16)26(35)32-13-15-6-10-39(36,37)11-7-15/h2-5,8-9,12,14-15H,6-7,10-11,13H2,1H3,(H,30,33)(H,32,35). The monoisotopic (exact) mass is 575 g/mol. The lowest BCUT2D eigenvalue weighted by Crippen LogP contribution is -2.34. The second-order valence-corrected chi connectivity index (χ2v) is 11.9. The number of ether oxygens (including phenoxy) is 1. The molecule has 4 aromatic rings. The number of hydrogen-bond donors (Lipinski definition) is 2. The lowest BCUT2D eigenvalue weighted by Gasteiger charge is -2.22. The molecule has 1 fully saturated rings. The largest absolute Gasteiger partial charge is 0.494 e. The van der Waals surface area contributed by atoms with Crippen LogP contribution in [0.15, 0.2) is 48.9 Å². The van der Waals surface area contributed by atoms with Crippen molar-refractivity contribution in [2.75, 3.05) is 30.5 Å². The predicted octanol–water partition coefficient (Wildman–Crippen LogP) is 4.63. The van der Waals surface area contributed by atoms with Gasteiger partial charge >= 0.3 is 0 Å². The number of methoxy groups -OCH3 is 1. The molecule has 0 spiro atoms. The second kappa shape index (κ2) is 10.8. The summed E-state index contributed by atoms with van der Waals surface area (Å²) in [4.78, 5) is 21.3. The highest BCUT2D eigenvalue weighted by Gasteiger charge is 2.24. The maximum absolute atomic E-state index is 14.7. The molecule has 2 N–H and O–H groups in total. The molecule has 0 unspecified atom stereocenters. The molecule has 204 valence electrons. The zero-order chi connectivity index (χ0) is 27.7. The van der Waals surface area contributed by atoms with Crippen LogP contribution in [0, 0.1) is 17.6 Å². The highest BCUT2D eigenvalue weighted by atomic mass is 35.5. The molecule has 2 aromatic carbocycles. The van der Waals surface area contributed by atoms with E-state index in [4.69, 9.17) is 16.3 Å². The smallest absolute Gasteiger partial charge is 0.252 e. The Morgan fingerprint density at radius 3 is 2.64 bits per heavy atom. The Morgan fingerprint density at radius 1 is 1.15 bits per heavy atom. The first-order valence-corrected chi connectivity index (χ1v) is 14.3. The van der Waals surface area contributed by atoms with Crippen LogP contribution in [0.4, 0.5) is 20.3 Å². The maximum atomic E-state index is 14.7. The van der Waals surface area contributed by atoms with Crippen LogP contribution in [0.25, 0.3) is 16.9 Å². The number of nitrogens with zero attached hydrogens (tertiary/aromatic N) is 3. The van der Waals surface area contributed by atoms with Gasteiger partial charge in [-0.15, -0.1) is 0 Å². The van der Waals surface area contributed by atoms with E-state index in [0.29, 0.717) is 42.2 Å². The van der Waals surface area contributed by atoms with Crippen LogP contribution in [0.3, 0.4) is 0 Å². The number of halogens is 3. The first kappa shape index (κ1) is 26.8. The number of imidazole rings is 1. The molecule has 1 saturated heterocycles. The van der Waals surface area contributed by atoms with Crippen molar-refractivity contribution in [2.45, 2.75) is 12.8 Å². The SMILES string of the molecule is COc1ccc(-c2cnc3c(Nc4ccc(C(=O)NCC5CCS(=O)(=O)CC5)c(Cl)c4)nccn23)c(F)c1F. The normalized spacial score (nSPS) is 15.3. The summed E-state index contributed by atoms with van der Waals surface area (Å²) in [6.45, 7) is 0.373. The van der Waals surface area contributed by atoms with E-state index in [9.17, 15) is 22.0 Å². The molecule has 5 rings (SSSR count). The number of carbonyl (C=O) groups excluding carboxylic acids is 1. The number of carbonyl (C=O) groups is 1. The number of anilines is 2. The maximum Gasteiger partial charge on any atom is 0.252 e. The van der Waals surface area contributed by atoms with E-state index in [1.807, 2.05) is 0 Å². The minimum atomic E-state index is -2.96. The van der Waals surface area contributed by atoms with E-state index in [-0.39, 0.29) is 45.2 Å². The molecule has 1 aliphatic heterocycles. The van der Waals surface area contributed by atoms with Crippen molar-refractivity contribution in [2.24, 2.45) is 5.92 Å². The summed E-state index contributed by atoms with van der Waals surface area (Å²) in [5.41, 5.74) is 1.48. The number of fused-ring (bicyclic) bond motifs is 1. The van der Waals surface area contributed by atoms with Gasteiger partial charge < -0.3 is 15.4 Å². The van der Waals surface area contributed by atoms with Crippen LogP contribution < -0.4 is 15.4 Å². The summed E-state index contributed by atoms with van der Waals surface area (Å²) < 4.78 is 58.6. The van der Waals surface area contributed by atoms with Crippen molar-refractivity contribution in [1.82, 2.24) is 19.7 Å². The first-order valence-electron chi connectivity index (χ1n) is 12.1. The van der Waals surface area contributed by atoms with Crippen LogP contribution in [-0.2, 0) is 9.84 Å². The molecule has 2 aromatic heterocycles. The van der Waals surface area contributed by atoms with Crippen LogP contribution in [0.2, 0.25) is 5.02 Å². The third kappa shape index (κ3) is 5.52. The van der Waals surface area contributed by atoms with Crippen molar-refractivity contribution >= 4 is 44.5 Å². The molecule has 9 nitrogen and oxygen atoms in total. The van der Waals surface area contributed by atoms with Gasteiger partial charge in [0.15, 0.2) is 23.0 Å². The zero-order valence-corrected chi connectivity index (χ0v) is 22.3. The number of amides is 1. The van der Waals surface area contributed by atoms with E-state index in [1.54, 1.807) is 28.8 Å². The minimum Gasteiger partial charge on any atom is -0.494 e. The Hall–Kier alpha value is -3.77. The molecule has 0 bridgehead atoms. The van der Waals surface area contributed by atoms with Crippen LogP contribution in [-0.4, -0.2) is 53.9 Å². The molecule has 3 heterocycles. The highest BCUT2D eigenvalue weighted by molar-refractivity contribution is 7.91. The van der Waals surface area contributed by atoms with Crippen molar-refractivity contribution in [3.05, 3.63) is 71.1 Å². The molecule has 0 radical (unpaired) electrons. The van der Waals surface area contributed by atoms with Gasteiger partial charge in [0.25, 0.3) is 5.91 Å². The van der Waals surface area contributed by atoms with Crippen LogP contribution in [0.1, 0.15) is 23.2 Å². The van der Waals surface area contributed by atoms with E-state index < -0.39 is 21.5 Å². The van der Waals surface area contributed by atoms with Crippen LogP contribution >= 0.6 is 11.6 Å². The Kier molecular flexibility index (Phi) is 7.41. The third-order valence-corrected chi connectivity index (χ3v) is 8.70. The fraction of sp³-hybridized carbons (Fsp3) is 0.269. The van der Waals surface area contributed by atoms with E-state index in [0.717, 1.165) is 0 Å². The number of nitrogens with one attached hydrogen (secondary N) is 2. The van der Waals surface area contributed by atoms with Crippen molar-refractivity contribution in [3.63, 3.8) is 0 Å². The van der Waals surface area contributed by atoms with Gasteiger partial charge in [-0.1, -0.05) is 11.6 Å². The molecule has 0 saturated carbocycles. The topological polar surface area (TPSA) is 115 Å². The Labute approximate surface area is 228 Å². The van der Waals surface area contributed by atoms with E-state index in [1.165, 1.54) is 31.6 Å². The van der Waals surface area contributed by atoms with Gasteiger partial charge in [-0.05, 0) is 49.1 Å². The Bertz CT molecular complexity index is 1660. The van der Waals surface area contributed by atoms with Crippen molar-refractivity contribution in [1.29, 1.82) is 0 Å². The summed E-state index contributed by atoms with van der Waals surface area (Å²) in [6.07, 6.45) is 5.51. The van der Waals surface area contributed by atoms with Gasteiger partial charge in [-0.2, -0.15) is 4.39 Å². The van der Waals surface area contributed by atoms with Crippen molar-refractivity contribution < 1.29 is 26.7 Å². The summed E-state index contributed by atoms with van der Waals surface area (Å²) in [5, 5.41) is 6.14. The molecule has 0 aliphatic carbocycles. The van der Waals surface area contributed by atoms with Gasteiger partial charge in [0.2, 0.25) is 5.82 Å². The summed E-state index contributed by atoms with van der Waals surface area (Å²) in [5.74, 6) is -2.00. The summed E-state index contributed by atoms with van der Waals surface area (Å²) >= 11 is 6.40. The number of rotatable bonds is 7. The molecular formula is C26H24ClF2N5O4S. The Balaban J connectivity index is 1.32. The summed E-state index contributed by atoms with van der Waals surface area (Å²) in [6, 6.07) is 7.54. The number of sulfone groups is 1. The first-order chi connectivity index (χ1) is 18.7. The Morgan fingerprint density at radius 2 is 1.92 bits per heavy atom. The lowest BCUT2D eigenvalue weighted by molar-refractivity contribution is 0.0946. The number of aromatic nitrogens is 3. The van der Waals surface area contributed by atoms with Gasteiger partial charge in [0.1, 0.15) is 9.84 Å². The second-order valence-electron chi connectivity index (χ2n) is 9.18. The average Bonchev–Trinajstić information content (AvgIpc) is 3.34. The fourth-order valence-electron chi connectivity index (χ4n) is 4.48. The fourth-order valence-corrected chi connectivity index (χ4v) is 6.34.